The molecule has 3 aromatic carbocycles. The van der Waals surface area contributed by atoms with Crippen LogP contribution in [0.2, 0.25) is 0 Å². The number of carbonyl (C=O) groups is 1. The van der Waals surface area contributed by atoms with Gasteiger partial charge in [0.1, 0.15) is 5.75 Å². The fourth-order valence-corrected chi connectivity index (χ4v) is 7.00. The minimum Gasteiger partial charge on any atom is -0.497 e. The van der Waals surface area contributed by atoms with Crippen LogP contribution < -0.4 is 4.74 Å². The average molecular weight is 517 g/mol. The zero-order valence-electron chi connectivity index (χ0n) is 21.5. The van der Waals surface area contributed by atoms with Crippen LogP contribution in [0.15, 0.2) is 77.7 Å². The quantitative estimate of drug-likeness (QED) is 0.292. The maximum Gasteiger partial charge on any atom is 0.243 e. The summed E-state index contributed by atoms with van der Waals surface area (Å²) in [5.41, 5.74) is 5.43. The first-order valence-corrected chi connectivity index (χ1v) is 14.1. The third kappa shape index (κ3) is 4.81. The van der Waals surface area contributed by atoms with Crippen LogP contribution in [0.25, 0.3) is 10.9 Å². The van der Waals surface area contributed by atoms with E-state index in [-0.39, 0.29) is 16.6 Å². The lowest BCUT2D eigenvalue weighted by atomic mass is 9.88. The Labute approximate surface area is 218 Å². The van der Waals surface area contributed by atoms with E-state index in [1.54, 1.807) is 23.5 Å². The second-order valence-electron chi connectivity index (χ2n) is 9.71. The maximum atomic E-state index is 13.3. The molecule has 0 bridgehead atoms. The van der Waals surface area contributed by atoms with Gasteiger partial charge in [-0.1, -0.05) is 42.5 Å². The number of Topliss-reactive ketones (excluding diaryl/α,β-unsaturated/α-hetero) is 1. The molecule has 1 aromatic heterocycles. The Bertz CT molecular complexity index is 1550. The standard InChI is InChI=1S/C30H32N2O4S/c1-21-30(28-9-4-5-10-29(28)32(21)20-23-7-6-8-26(19-23)36-3)25-15-17-31(18-16-25)37(34,35)27-13-11-24(12-14-27)22(2)33/h4-14,19,25H,15-18,20H2,1-3H3. The zero-order chi connectivity index (χ0) is 26.2. The lowest BCUT2D eigenvalue weighted by Crippen LogP contribution is -2.38. The molecule has 1 fully saturated rings. The van der Waals surface area contributed by atoms with Crippen molar-refractivity contribution in [3.63, 3.8) is 0 Å². The van der Waals surface area contributed by atoms with Gasteiger partial charge >= 0.3 is 0 Å². The van der Waals surface area contributed by atoms with E-state index in [9.17, 15) is 13.2 Å². The first kappa shape index (κ1) is 25.2. The van der Waals surface area contributed by atoms with Gasteiger partial charge < -0.3 is 9.30 Å². The number of aromatic nitrogens is 1. The summed E-state index contributed by atoms with van der Waals surface area (Å²) in [5, 5.41) is 1.24. The smallest absolute Gasteiger partial charge is 0.243 e. The molecule has 192 valence electrons. The first-order chi connectivity index (χ1) is 17.8. The molecule has 0 aliphatic carbocycles. The molecular weight excluding hydrogens is 484 g/mol. The van der Waals surface area contributed by atoms with E-state index < -0.39 is 10.0 Å². The van der Waals surface area contributed by atoms with Crippen LogP contribution in [0.5, 0.6) is 5.75 Å². The highest BCUT2D eigenvalue weighted by atomic mass is 32.2. The fraction of sp³-hybridized carbons (Fsp3) is 0.300. The molecule has 1 aliphatic rings. The van der Waals surface area contributed by atoms with E-state index in [0.717, 1.165) is 25.1 Å². The number of rotatable bonds is 7. The number of hydrogen-bond donors (Lipinski definition) is 0. The summed E-state index contributed by atoms with van der Waals surface area (Å²) in [6.07, 6.45) is 1.53. The molecule has 0 unspecified atom stereocenters. The van der Waals surface area contributed by atoms with E-state index in [1.807, 2.05) is 12.1 Å². The third-order valence-electron chi connectivity index (χ3n) is 7.52. The first-order valence-electron chi connectivity index (χ1n) is 12.6. The van der Waals surface area contributed by atoms with Crippen molar-refractivity contribution in [1.82, 2.24) is 8.87 Å². The maximum absolute atomic E-state index is 13.3. The van der Waals surface area contributed by atoms with E-state index in [4.69, 9.17) is 4.74 Å². The molecule has 4 aromatic rings. The van der Waals surface area contributed by atoms with Crippen LogP contribution in [0.4, 0.5) is 0 Å². The molecule has 0 N–H and O–H groups in total. The van der Waals surface area contributed by atoms with Crippen LogP contribution in [0.3, 0.4) is 0 Å². The number of ether oxygens (including phenoxy) is 1. The highest BCUT2D eigenvalue weighted by Crippen LogP contribution is 2.38. The number of sulfonamides is 1. The van der Waals surface area contributed by atoms with Crippen molar-refractivity contribution in [2.45, 2.75) is 44.0 Å². The molecular formula is C30H32N2O4S. The number of fused-ring (bicyclic) bond motifs is 1. The molecule has 1 saturated heterocycles. The Morgan fingerprint density at radius 3 is 2.35 bits per heavy atom. The largest absolute Gasteiger partial charge is 0.497 e. The number of para-hydroxylation sites is 1. The fourth-order valence-electron chi connectivity index (χ4n) is 5.53. The van der Waals surface area contributed by atoms with Crippen molar-refractivity contribution in [3.8, 4) is 5.75 Å². The molecule has 0 saturated carbocycles. The number of ketones is 1. The zero-order valence-corrected chi connectivity index (χ0v) is 22.3. The van der Waals surface area contributed by atoms with Gasteiger partial charge in [0.05, 0.1) is 12.0 Å². The van der Waals surface area contributed by atoms with Gasteiger partial charge in [0.2, 0.25) is 10.0 Å². The molecule has 37 heavy (non-hydrogen) atoms. The topological polar surface area (TPSA) is 68.6 Å². The summed E-state index contributed by atoms with van der Waals surface area (Å²) in [5.74, 6) is 1.05. The lowest BCUT2D eigenvalue weighted by Gasteiger charge is -2.31. The van der Waals surface area contributed by atoms with Crippen molar-refractivity contribution in [2.75, 3.05) is 20.2 Å². The predicted molar refractivity (Wildman–Crippen MR) is 146 cm³/mol. The number of carbonyl (C=O) groups excluding carboxylic acids is 1. The Morgan fingerprint density at radius 2 is 1.68 bits per heavy atom. The van der Waals surface area contributed by atoms with Crippen LogP contribution in [-0.4, -0.2) is 43.3 Å². The number of hydrogen-bond acceptors (Lipinski definition) is 4. The van der Waals surface area contributed by atoms with Crippen molar-refractivity contribution < 1.29 is 17.9 Å². The van der Waals surface area contributed by atoms with E-state index in [1.165, 1.54) is 46.8 Å². The lowest BCUT2D eigenvalue weighted by molar-refractivity contribution is 0.101. The van der Waals surface area contributed by atoms with Crippen LogP contribution in [-0.2, 0) is 16.6 Å². The Kier molecular flexibility index (Phi) is 6.92. The predicted octanol–water partition coefficient (Wildman–Crippen LogP) is 5.78. The molecule has 6 nitrogen and oxygen atoms in total. The van der Waals surface area contributed by atoms with Crippen molar-refractivity contribution in [1.29, 1.82) is 0 Å². The van der Waals surface area contributed by atoms with Gasteiger partial charge in [0, 0.05) is 41.8 Å². The number of benzene rings is 3. The van der Waals surface area contributed by atoms with Crippen molar-refractivity contribution in [3.05, 3.63) is 95.2 Å². The molecule has 2 heterocycles. The molecule has 1 aliphatic heterocycles. The highest BCUT2D eigenvalue weighted by molar-refractivity contribution is 7.89. The van der Waals surface area contributed by atoms with Gasteiger partial charge in [-0.2, -0.15) is 4.31 Å². The number of nitrogens with zero attached hydrogens (tertiary/aromatic N) is 2. The third-order valence-corrected chi connectivity index (χ3v) is 9.43. The Hall–Kier alpha value is -3.42. The van der Waals surface area contributed by atoms with E-state index in [0.29, 0.717) is 18.7 Å². The summed E-state index contributed by atoms with van der Waals surface area (Å²) >= 11 is 0. The van der Waals surface area contributed by atoms with Crippen LogP contribution >= 0.6 is 0 Å². The Balaban J connectivity index is 1.39. The molecule has 0 radical (unpaired) electrons. The summed E-state index contributed by atoms with van der Waals surface area (Å²) in [4.78, 5) is 11.8. The van der Waals surface area contributed by atoms with E-state index >= 15 is 0 Å². The minimum absolute atomic E-state index is 0.0781. The highest BCUT2D eigenvalue weighted by Gasteiger charge is 2.32. The monoisotopic (exact) mass is 516 g/mol. The van der Waals surface area contributed by atoms with Crippen molar-refractivity contribution in [2.24, 2.45) is 0 Å². The minimum atomic E-state index is -3.60. The number of piperidine rings is 1. The molecule has 5 rings (SSSR count). The van der Waals surface area contributed by atoms with Crippen LogP contribution in [0.1, 0.15) is 52.9 Å². The molecule has 0 atom stereocenters. The van der Waals surface area contributed by atoms with Gasteiger partial charge in [-0.3, -0.25) is 4.79 Å². The number of methoxy groups -OCH3 is 1. The molecule has 0 amide bonds. The second-order valence-corrected chi connectivity index (χ2v) is 11.7. The van der Waals surface area contributed by atoms with E-state index in [2.05, 4.69) is 47.9 Å². The van der Waals surface area contributed by atoms with Crippen molar-refractivity contribution >= 4 is 26.7 Å². The van der Waals surface area contributed by atoms with Gasteiger partial charge in [0.25, 0.3) is 0 Å². The molecule has 7 heteroatoms. The van der Waals surface area contributed by atoms with Crippen LogP contribution in [0, 0.1) is 6.92 Å². The second kappa shape index (κ2) is 10.1. The SMILES string of the molecule is COc1cccc(Cn2c(C)c(C3CCN(S(=O)(=O)c4ccc(C(C)=O)cc4)CC3)c3ccccc32)c1. The van der Waals surface area contributed by atoms with Gasteiger partial charge in [-0.15, -0.1) is 0 Å². The summed E-state index contributed by atoms with van der Waals surface area (Å²) in [7, 11) is -1.92. The average Bonchev–Trinajstić information content (AvgIpc) is 3.19. The normalized spacial score (nSPS) is 15.2. The summed E-state index contributed by atoms with van der Waals surface area (Å²) < 4.78 is 35.9. The van der Waals surface area contributed by atoms with Gasteiger partial charge in [-0.25, -0.2) is 8.42 Å². The van der Waals surface area contributed by atoms with Gasteiger partial charge in [0.15, 0.2) is 5.78 Å². The summed E-state index contributed by atoms with van der Waals surface area (Å²) in [6.45, 7) is 5.33. The van der Waals surface area contributed by atoms with Gasteiger partial charge in [-0.05, 0) is 74.1 Å². The Morgan fingerprint density at radius 1 is 0.973 bits per heavy atom. The molecule has 0 spiro atoms. The summed E-state index contributed by atoms with van der Waals surface area (Å²) in [6, 6.07) is 22.9.